The number of phosphoric acid groups is 3. The van der Waals surface area contributed by atoms with E-state index in [0.717, 1.165) is 10.1 Å². The van der Waals surface area contributed by atoms with E-state index in [9.17, 15) is 33.6 Å². The first kappa shape index (κ1) is 31.6. The third-order valence-corrected chi connectivity index (χ3v) is 8.67. The Morgan fingerprint density at radius 1 is 1.05 bits per heavy atom. The van der Waals surface area contributed by atoms with Gasteiger partial charge in [0.2, 0.25) is 0 Å². The summed E-state index contributed by atoms with van der Waals surface area (Å²) in [5, 5.41) is 20.5. The number of anilines is 1. The minimum absolute atomic E-state index is 0.0369. The number of pyridine rings is 1. The van der Waals surface area contributed by atoms with E-state index in [2.05, 4.69) is 28.6 Å². The normalized spacial score (nSPS) is 24.7. The van der Waals surface area contributed by atoms with Gasteiger partial charge in [-0.05, 0) is 30.5 Å². The van der Waals surface area contributed by atoms with Crippen molar-refractivity contribution in [2.75, 3.05) is 18.7 Å². The predicted molar refractivity (Wildman–Crippen MR) is 126 cm³/mol. The van der Waals surface area contributed by atoms with Crippen LogP contribution in [0, 0.1) is 0 Å². The Morgan fingerprint density at radius 2 is 1.79 bits per heavy atom. The number of aliphatic hydroxyl groups is 2. The summed E-state index contributed by atoms with van der Waals surface area (Å²) in [6, 6.07) is 5.05. The minimum Gasteiger partial charge on any atom is -0.387 e. The monoisotopic (exact) mass is 618 g/mol. The highest BCUT2D eigenvalue weighted by Gasteiger charge is 2.46. The van der Waals surface area contributed by atoms with Crippen LogP contribution in [0.1, 0.15) is 18.2 Å². The number of nitrogens with zero attached hydrogens (tertiary/aromatic N) is 3. The lowest BCUT2D eigenvalue weighted by atomic mass is 10.1. The van der Waals surface area contributed by atoms with E-state index in [1.165, 1.54) is 12.3 Å². The molecule has 0 aromatic carbocycles. The molecule has 3 rings (SSSR count). The van der Waals surface area contributed by atoms with Crippen molar-refractivity contribution in [1.29, 1.82) is 0 Å². The van der Waals surface area contributed by atoms with Crippen LogP contribution in [-0.4, -0.2) is 75.8 Å². The van der Waals surface area contributed by atoms with Gasteiger partial charge < -0.3 is 34.5 Å². The zero-order chi connectivity index (χ0) is 28.8. The SMILES string of the molecule is O=c1nc(NOCCCc2cccnc2)ccn1[C@@H]1O[C@H](COP(=O)(O)OP(=O)(O)OP(=O)(O)O)[C@@H](O)[C@H]1O. The molecule has 2 unspecified atom stereocenters. The number of aryl methyl sites for hydroxylation is 1. The third-order valence-electron chi connectivity index (χ3n) is 4.87. The first-order valence-electron chi connectivity index (χ1n) is 10.8. The van der Waals surface area contributed by atoms with Crippen LogP contribution in [0.15, 0.2) is 41.6 Å². The fourth-order valence-corrected chi connectivity index (χ4v) is 6.28. The Balaban J connectivity index is 1.52. The molecule has 3 heterocycles. The molecule has 0 aliphatic carbocycles. The maximum absolute atomic E-state index is 12.5. The van der Waals surface area contributed by atoms with E-state index in [-0.39, 0.29) is 12.4 Å². The molecule has 0 radical (unpaired) electrons. The molecule has 218 valence electrons. The third kappa shape index (κ3) is 9.89. The van der Waals surface area contributed by atoms with Gasteiger partial charge in [-0.25, -0.2) is 24.0 Å². The molecule has 0 bridgehead atoms. The fourth-order valence-electron chi connectivity index (χ4n) is 3.25. The van der Waals surface area contributed by atoms with Crippen molar-refractivity contribution >= 4 is 29.3 Å². The molecule has 1 aliphatic heterocycles. The van der Waals surface area contributed by atoms with Gasteiger partial charge in [-0.1, -0.05) is 6.07 Å². The van der Waals surface area contributed by atoms with Crippen molar-refractivity contribution in [3.8, 4) is 0 Å². The van der Waals surface area contributed by atoms with Crippen LogP contribution in [0.25, 0.3) is 0 Å². The number of phosphoric ester groups is 1. The second kappa shape index (κ2) is 13.2. The molecule has 39 heavy (non-hydrogen) atoms. The number of aromatic nitrogens is 3. The number of ether oxygens (including phenoxy) is 1. The highest BCUT2D eigenvalue weighted by molar-refractivity contribution is 7.66. The van der Waals surface area contributed by atoms with Crippen molar-refractivity contribution in [1.82, 2.24) is 14.5 Å². The molecule has 0 saturated carbocycles. The molecule has 6 atom stereocenters. The van der Waals surface area contributed by atoms with E-state index >= 15 is 0 Å². The number of hydrogen-bond acceptors (Lipinski definition) is 14. The molecular weight excluding hydrogens is 593 g/mol. The first-order chi connectivity index (χ1) is 18.2. The average Bonchev–Trinajstić information content (AvgIpc) is 3.09. The van der Waals surface area contributed by atoms with Gasteiger partial charge in [0.1, 0.15) is 18.3 Å². The maximum atomic E-state index is 12.5. The second-order valence-corrected chi connectivity index (χ2v) is 12.3. The van der Waals surface area contributed by atoms with E-state index in [0.29, 0.717) is 12.8 Å². The van der Waals surface area contributed by atoms with Gasteiger partial charge in [0.25, 0.3) is 0 Å². The quantitative estimate of drug-likeness (QED) is 0.0804. The topological polar surface area (TPSA) is 279 Å². The maximum Gasteiger partial charge on any atom is 0.490 e. The lowest BCUT2D eigenvalue weighted by Crippen LogP contribution is -2.36. The van der Waals surface area contributed by atoms with Gasteiger partial charge in [-0.2, -0.15) is 13.6 Å². The molecule has 2 aromatic heterocycles. The average molecular weight is 618 g/mol. The van der Waals surface area contributed by atoms with Gasteiger partial charge in [0, 0.05) is 18.6 Å². The molecule has 0 spiro atoms. The lowest BCUT2D eigenvalue weighted by Gasteiger charge is -2.19. The summed E-state index contributed by atoms with van der Waals surface area (Å²) in [6.07, 6.45) is -0.692. The summed E-state index contributed by atoms with van der Waals surface area (Å²) in [6.45, 7) is -0.749. The number of rotatable bonds is 14. The van der Waals surface area contributed by atoms with Crippen molar-refractivity contribution in [3.63, 3.8) is 0 Å². The van der Waals surface area contributed by atoms with Gasteiger partial charge in [0.05, 0.1) is 13.2 Å². The van der Waals surface area contributed by atoms with Gasteiger partial charge in [0.15, 0.2) is 12.0 Å². The molecule has 19 nitrogen and oxygen atoms in total. The van der Waals surface area contributed by atoms with E-state index in [1.54, 1.807) is 12.4 Å². The molecule has 22 heteroatoms. The Bertz CT molecular complexity index is 1310. The summed E-state index contributed by atoms with van der Waals surface area (Å²) < 4.78 is 51.6. The van der Waals surface area contributed by atoms with E-state index in [4.69, 9.17) is 24.3 Å². The molecule has 1 fully saturated rings. The standard InChI is InChI=1S/C17H25N4O15P3/c22-14-12(10-33-38(28,29)36-39(30,31)35-37(25,26)27)34-16(15(14)23)21-7-5-13(19-17(21)24)20-32-8-2-4-11-3-1-6-18-9-11/h1,3,5-7,9,12,14-16,22-23H,2,4,8,10H2,(H,28,29)(H,30,31)(H,19,20,24)(H2,25,26,27)/t12-,14-,15-,16-/m1/s1. The molecule has 1 aliphatic rings. The van der Waals surface area contributed by atoms with Crippen molar-refractivity contribution in [3.05, 3.63) is 52.8 Å². The van der Waals surface area contributed by atoms with Crippen molar-refractivity contribution in [2.24, 2.45) is 0 Å². The predicted octanol–water partition coefficient (Wildman–Crippen LogP) is -0.423. The Labute approximate surface area is 219 Å². The summed E-state index contributed by atoms with van der Waals surface area (Å²) in [4.78, 5) is 61.2. The zero-order valence-corrected chi connectivity index (χ0v) is 22.3. The van der Waals surface area contributed by atoms with Crippen molar-refractivity contribution in [2.45, 2.75) is 37.4 Å². The van der Waals surface area contributed by atoms with E-state index < -0.39 is 60.3 Å². The van der Waals surface area contributed by atoms with Crippen LogP contribution in [-0.2, 0) is 42.8 Å². The second-order valence-electron chi connectivity index (χ2n) is 7.85. The number of hydrogen-bond donors (Lipinski definition) is 7. The molecule has 2 aromatic rings. The molecule has 1 saturated heterocycles. The van der Waals surface area contributed by atoms with E-state index in [1.807, 2.05) is 12.1 Å². The van der Waals surface area contributed by atoms with Crippen molar-refractivity contribution < 1.29 is 66.2 Å². The van der Waals surface area contributed by atoms with Crippen LogP contribution >= 0.6 is 23.5 Å². The first-order valence-corrected chi connectivity index (χ1v) is 15.3. The Kier molecular flexibility index (Phi) is 10.7. The van der Waals surface area contributed by atoms with Gasteiger partial charge in [-0.15, -0.1) is 0 Å². The summed E-state index contributed by atoms with van der Waals surface area (Å²) in [7, 11) is -16.8. The Hall–Kier alpha value is -1.92. The largest absolute Gasteiger partial charge is 0.490 e. The minimum atomic E-state index is -5.75. The summed E-state index contributed by atoms with van der Waals surface area (Å²) >= 11 is 0. The summed E-state index contributed by atoms with van der Waals surface area (Å²) in [5.74, 6) is 0.0369. The summed E-state index contributed by atoms with van der Waals surface area (Å²) in [5.41, 5.74) is 2.60. The Morgan fingerprint density at radius 3 is 2.44 bits per heavy atom. The van der Waals surface area contributed by atoms with Gasteiger partial charge >= 0.3 is 29.2 Å². The zero-order valence-electron chi connectivity index (χ0n) is 19.6. The van der Waals surface area contributed by atoms with Crippen LogP contribution in [0.5, 0.6) is 0 Å². The molecular formula is C17H25N4O15P3. The fraction of sp³-hybridized carbons (Fsp3) is 0.471. The van der Waals surface area contributed by atoms with Crippen LogP contribution in [0.4, 0.5) is 5.82 Å². The highest BCUT2D eigenvalue weighted by atomic mass is 31.3. The smallest absolute Gasteiger partial charge is 0.387 e. The number of nitrogens with one attached hydrogen (secondary N) is 1. The number of aliphatic hydroxyl groups excluding tert-OH is 2. The van der Waals surface area contributed by atoms with Crippen LogP contribution in [0.3, 0.4) is 0 Å². The molecule has 7 N–H and O–H groups in total. The van der Waals surface area contributed by atoms with Crippen LogP contribution in [0.2, 0.25) is 0 Å². The van der Waals surface area contributed by atoms with Gasteiger partial charge in [-0.3, -0.25) is 18.9 Å². The molecule has 0 amide bonds. The van der Waals surface area contributed by atoms with Crippen LogP contribution < -0.4 is 11.2 Å². The highest BCUT2D eigenvalue weighted by Crippen LogP contribution is 2.66. The lowest BCUT2D eigenvalue weighted by molar-refractivity contribution is -0.0541.